The van der Waals surface area contributed by atoms with Gasteiger partial charge in [-0.1, -0.05) is 0 Å². The molecule has 1 rings (SSSR count). The largest absolute Gasteiger partial charge is 0.478 e. The van der Waals surface area contributed by atoms with Gasteiger partial charge in [-0.05, 0) is 37.6 Å². The molecule has 20 heavy (non-hydrogen) atoms. The number of rotatable bonds is 8. The number of carboxylic acids is 1. The first kappa shape index (κ1) is 16.4. The fraction of sp³-hybridized carbons (Fsp3) is 0.500. The van der Waals surface area contributed by atoms with Crippen molar-refractivity contribution < 1.29 is 25.2 Å². The van der Waals surface area contributed by atoms with Gasteiger partial charge in [-0.15, -0.1) is 0 Å². The lowest BCUT2D eigenvalue weighted by atomic mass is 10.1. The van der Waals surface area contributed by atoms with E-state index in [-0.39, 0.29) is 18.7 Å². The number of benzene rings is 1. The van der Waals surface area contributed by atoms with E-state index in [2.05, 4.69) is 0 Å². The van der Waals surface area contributed by atoms with E-state index in [0.29, 0.717) is 13.0 Å². The summed E-state index contributed by atoms with van der Waals surface area (Å²) in [7, 11) is 0. The van der Waals surface area contributed by atoms with Gasteiger partial charge in [0.05, 0.1) is 17.8 Å². The summed E-state index contributed by atoms with van der Waals surface area (Å²) < 4.78 is 0. The van der Waals surface area contributed by atoms with Crippen LogP contribution in [-0.4, -0.2) is 58.3 Å². The summed E-state index contributed by atoms with van der Waals surface area (Å²) in [6, 6.07) is 6.27. The maximum Gasteiger partial charge on any atom is 0.335 e. The van der Waals surface area contributed by atoms with Gasteiger partial charge in [-0.25, -0.2) is 4.79 Å². The van der Waals surface area contributed by atoms with Crippen molar-refractivity contribution in [1.82, 2.24) is 0 Å². The van der Waals surface area contributed by atoms with E-state index in [4.69, 9.17) is 10.2 Å². The molecule has 6 heteroatoms. The van der Waals surface area contributed by atoms with Crippen LogP contribution in [0.5, 0.6) is 0 Å². The highest BCUT2D eigenvalue weighted by molar-refractivity contribution is 5.88. The van der Waals surface area contributed by atoms with Gasteiger partial charge in [0, 0.05) is 25.4 Å². The minimum absolute atomic E-state index is 0.0223. The summed E-state index contributed by atoms with van der Waals surface area (Å²) >= 11 is 0. The van der Waals surface area contributed by atoms with Crippen LogP contribution in [-0.2, 0) is 0 Å². The van der Waals surface area contributed by atoms with Gasteiger partial charge in [-0.2, -0.15) is 0 Å². The van der Waals surface area contributed by atoms with Crippen molar-refractivity contribution in [2.45, 2.75) is 25.6 Å². The third-order valence-corrected chi connectivity index (χ3v) is 3.03. The fourth-order valence-corrected chi connectivity index (χ4v) is 1.78. The van der Waals surface area contributed by atoms with Crippen LogP contribution in [0.1, 0.15) is 23.7 Å². The van der Waals surface area contributed by atoms with E-state index in [0.717, 1.165) is 5.69 Å². The van der Waals surface area contributed by atoms with Crippen molar-refractivity contribution in [3.05, 3.63) is 29.8 Å². The molecule has 112 valence electrons. The van der Waals surface area contributed by atoms with Crippen LogP contribution >= 0.6 is 0 Å². The van der Waals surface area contributed by atoms with Crippen LogP contribution in [0.25, 0.3) is 0 Å². The van der Waals surface area contributed by atoms with E-state index in [1.165, 1.54) is 19.1 Å². The third kappa shape index (κ3) is 4.80. The molecule has 1 aromatic carbocycles. The summed E-state index contributed by atoms with van der Waals surface area (Å²) in [5.74, 6) is -0.998. The van der Waals surface area contributed by atoms with Gasteiger partial charge < -0.3 is 25.3 Å². The Labute approximate surface area is 117 Å². The van der Waals surface area contributed by atoms with E-state index in [9.17, 15) is 15.0 Å². The van der Waals surface area contributed by atoms with Gasteiger partial charge in [0.1, 0.15) is 0 Å². The van der Waals surface area contributed by atoms with Crippen LogP contribution in [0, 0.1) is 0 Å². The molecule has 0 aliphatic rings. The predicted octanol–water partition coefficient (Wildman–Crippen LogP) is 0.315. The zero-order valence-corrected chi connectivity index (χ0v) is 11.4. The maximum absolute atomic E-state index is 10.8. The second-order valence-corrected chi connectivity index (χ2v) is 4.68. The summed E-state index contributed by atoms with van der Waals surface area (Å²) in [5.41, 5.74) is 0.926. The fourth-order valence-electron chi connectivity index (χ4n) is 1.78. The second-order valence-electron chi connectivity index (χ2n) is 4.68. The first-order valence-corrected chi connectivity index (χ1v) is 6.51. The number of anilines is 1. The average Bonchev–Trinajstić information content (AvgIpc) is 2.43. The smallest absolute Gasteiger partial charge is 0.335 e. The molecule has 0 aromatic heterocycles. The van der Waals surface area contributed by atoms with Crippen molar-refractivity contribution in [3.8, 4) is 0 Å². The molecule has 0 radical (unpaired) electrons. The molecule has 2 unspecified atom stereocenters. The van der Waals surface area contributed by atoms with Crippen LogP contribution < -0.4 is 4.90 Å². The molecular weight excluding hydrogens is 262 g/mol. The van der Waals surface area contributed by atoms with Crippen molar-refractivity contribution in [2.24, 2.45) is 0 Å². The topological polar surface area (TPSA) is 101 Å². The summed E-state index contributed by atoms with van der Waals surface area (Å²) in [5, 5.41) is 36.9. The molecule has 0 saturated heterocycles. The maximum atomic E-state index is 10.8. The Balaban J connectivity index is 2.83. The number of hydrogen-bond acceptors (Lipinski definition) is 5. The van der Waals surface area contributed by atoms with Crippen molar-refractivity contribution >= 4 is 11.7 Å². The predicted molar refractivity (Wildman–Crippen MR) is 75.0 cm³/mol. The van der Waals surface area contributed by atoms with E-state index >= 15 is 0 Å². The SMILES string of the molecule is CC(O)C(O)CN(CCCO)c1ccc(C(=O)O)cc1. The molecule has 0 heterocycles. The third-order valence-electron chi connectivity index (χ3n) is 3.03. The van der Waals surface area contributed by atoms with Crippen LogP contribution in [0.3, 0.4) is 0 Å². The number of aliphatic hydroxyl groups is 3. The Morgan fingerprint density at radius 3 is 2.30 bits per heavy atom. The number of carboxylic acid groups (broad SMARTS) is 1. The Morgan fingerprint density at radius 2 is 1.85 bits per heavy atom. The lowest BCUT2D eigenvalue weighted by Gasteiger charge is -2.28. The van der Waals surface area contributed by atoms with Gasteiger partial charge in [0.25, 0.3) is 0 Å². The molecule has 6 nitrogen and oxygen atoms in total. The van der Waals surface area contributed by atoms with Crippen molar-refractivity contribution in [2.75, 3.05) is 24.6 Å². The lowest BCUT2D eigenvalue weighted by Crippen LogP contribution is -2.38. The highest BCUT2D eigenvalue weighted by Crippen LogP contribution is 2.17. The molecule has 0 amide bonds. The molecule has 4 N–H and O–H groups in total. The van der Waals surface area contributed by atoms with Gasteiger partial charge in [0.15, 0.2) is 0 Å². The zero-order chi connectivity index (χ0) is 15.1. The first-order valence-electron chi connectivity index (χ1n) is 6.51. The number of carbonyl (C=O) groups is 1. The number of hydrogen-bond donors (Lipinski definition) is 4. The number of nitrogens with zero attached hydrogens (tertiary/aromatic N) is 1. The van der Waals surface area contributed by atoms with Crippen molar-refractivity contribution in [3.63, 3.8) is 0 Å². The van der Waals surface area contributed by atoms with Gasteiger partial charge in [-0.3, -0.25) is 0 Å². The van der Waals surface area contributed by atoms with E-state index < -0.39 is 18.2 Å². The quantitative estimate of drug-likeness (QED) is 0.548. The Morgan fingerprint density at radius 1 is 1.25 bits per heavy atom. The molecule has 0 aliphatic carbocycles. The van der Waals surface area contributed by atoms with Gasteiger partial charge in [0.2, 0.25) is 0 Å². The highest BCUT2D eigenvalue weighted by Gasteiger charge is 2.16. The Kier molecular flexibility index (Phi) is 6.44. The molecule has 0 aliphatic heterocycles. The molecule has 0 spiro atoms. The lowest BCUT2D eigenvalue weighted by molar-refractivity contribution is 0.0360. The molecular formula is C14H21NO5. The number of aliphatic hydroxyl groups excluding tert-OH is 3. The van der Waals surface area contributed by atoms with Crippen LogP contribution in [0.4, 0.5) is 5.69 Å². The standard InChI is InChI=1S/C14H21NO5/c1-10(17)13(18)9-15(7-2-8-16)12-5-3-11(4-6-12)14(19)20/h3-6,10,13,16-18H,2,7-9H2,1H3,(H,19,20). The number of aromatic carboxylic acids is 1. The monoisotopic (exact) mass is 283 g/mol. The minimum atomic E-state index is -0.998. The normalized spacial score (nSPS) is 13.8. The summed E-state index contributed by atoms with van der Waals surface area (Å²) in [6.07, 6.45) is -1.24. The van der Waals surface area contributed by atoms with Crippen LogP contribution in [0.2, 0.25) is 0 Å². The van der Waals surface area contributed by atoms with E-state index in [1.54, 1.807) is 17.0 Å². The average molecular weight is 283 g/mol. The minimum Gasteiger partial charge on any atom is -0.478 e. The molecule has 2 atom stereocenters. The Hall–Kier alpha value is -1.63. The second kappa shape index (κ2) is 7.84. The molecule has 0 saturated carbocycles. The molecule has 1 aromatic rings. The highest BCUT2D eigenvalue weighted by atomic mass is 16.4. The van der Waals surface area contributed by atoms with Gasteiger partial charge >= 0.3 is 5.97 Å². The zero-order valence-electron chi connectivity index (χ0n) is 11.4. The Bertz CT molecular complexity index is 418. The molecule has 0 bridgehead atoms. The molecule has 0 fully saturated rings. The van der Waals surface area contributed by atoms with Crippen LogP contribution in [0.15, 0.2) is 24.3 Å². The van der Waals surface area contributed by atoms with E-state index in [1.807, 2.05) is 0 Å². The first-order chi connectivity index (χ1) is 9.45. The summed E-state index contributed by atoms with van der Waals surface area (Å²) in [4.78, 5) is 12.6. The van der Waals surface area contributed by atoms with Crippen molar-refractivity contribution in [1.29, 1.82) is 0 Å². The summed E-state index contributed by atoms with van der Waals surface area (Å²) in [6.45, 7) is 2.24.